The summed E-state index contributed by atoms with van der Waals surface area (Å²) in [4.78, 5) is 20.9. The van der Waals surface area contributed by atoms with Crippen molar-refractivity contribution < 1.29 is 13.2 Å². The van der Waals surface area contributed by atoms with Crippen LogP contribution in [0, 0.1) is 6.92 Å². The van der Waals surface area contributed by atoms with Gasteiger partial charge in [-0.3, -0.25) is 4.79 Å². The molecule has 0 aliphatic rings. The van der Waals surface area contributed by atoms with Gasteiger partial charge in [-0.2, -0.15) is 0 Å². The second-order valence-corrected chi connectivity index (χ2v) is 8.87. The van der Waals surface area contributed by atoms with Crippen molar-refractivity contribution in [2.24, 2.45) is 0 Å². The first-order valence-corrected chi connectivity index (χ1v) is 10.9. The van der Waals surface area contributed by atoms with E-state index in [0.717, 1.165) is 22.9 Å². The minimum absolute atomic E-state index is 0.110. The fraction of sp³-hybridized carbons (Fsp3) is 0.0909. The molecule has 0 unspecified atom stereocenters. The molecular formula is C22H19N3O3S. The molecule has 0 radical (unpaired) electrons. The van der Waals surface area contributed by atoms with Crippen LogP contribution in [-0.4, -0.2) is 30.5 Å². The first kappa shape index (κ1) is 18.9. The van der Waals surface area contributed by atoms with Gasteiger partial charge in [0.25, 0.3) is 5.91 Å². The molecule has 1 heterocycles. The fourth-order valence-corrected chi connectivity index (χ4v) is 3.79. The maximum Gasteiger partial charge on any atom is 0.255 e. The summed E-state index contributed by atoms with van der Waals surface area (Å²) < 4.78 is 23.7. The number of carbonyl (C=O) groups excluding carboxylic acids is 1. The number of anilines is 1. The molecular weight excluding hydrogens is 386 g/mol. The van der Waals surface area contributed by atoms with Gasteiger partial charge in [0.2, 0.25) is 0 Å². The molecule has 0 saturated heterocycles. The Labute approximate surface area is 168 Å². The third-order valence-electron chi connectivity index (χ3n) is 4.70. The molecule has 1 aromatic heterocycles. The number of nitrogens with one attached hydrogen (secondary N) is 2. The van der Waals surface area contributed by atoms with Crippen LogP contribution in [0.5, 0.6) is 0 Å². The van der Waals surface area contributed by atoms with Gasteiger partial charge in [-0.05, 0) is 48.9 Å². The van der Waals surface area contributed by atoms with Gasteiger partial charge in [0.15, 0.2) is 9.84 Å². The number of aromatic nitrogens is 2. The Morgan fingerprint density at radius 2 is 1.72 bits per heavy atom. The average molecular weight is 405 g/mol. The number of H-pyrrole nitrogens is 1. The van der Waals surface area contributed by atoms with Crippen LogP contribution in [0.3, 0.4) is 0 Å². The van der Waals surface area contributed by atoms with E-state index < -0.39 is 9.84 Å². The molecule has 0 aliphatic heterocycles. The molecule has 0 bridgehead atoms. The Balaban J connectivity index is 1.72. The van der Waals surface area contributed by atoms with Crippen molar-refractivity contribution in [2.45, 2.75) is 11.8 Å². The summed E-state index contributed by atoms with van der Waals surface area (Å²) in [5.74, 6) is 0.264. The first-order chi connectivity index (χ1) is 13.8. The van der Waals surface area contributed by atoms with E-state index in [1.54, 1.807) is 19.1 Å². The zero-order valence-corrected chi connectivity index (χ0v) is 16.7. The summed E-state index contributed by atoms with van der Waals surface area (Å²) in [7, 11) is -3.41. The Morgan fingerprint density at radius 3 is 2.48 bits per heavy atom. The van der Waals surface area contributed by atoms with E-state index in [4.69, 9.17) is 0 Å². The van der Waals surface area contributed by atoms with Gasteiger partial charge in [-0.1, -0.05) is 30.3 Å². The number of hydrogen-bond acceptors (Lipinski definition) is 4. The predicted molar refractivity (Wildman–Crippen MR) is 114 cm³/mol. The number of imidazole rings is 1. The van der Waals surface area contributed by atoms with Crippen LogP contribution >= 0.6 is 0 Å². The standard InChI is InChI=1S/C22H19N3O3S/c1-14-11-12-15(29(2,27)28)13-17(14)22(26)25-18-8-4-3-7-16(18)21-23-19-9-5-6-10-20(19)24-21/h3-13H,1-2H3,(H,23,24)(H,25,26). The number of rotatable bonds is 4. The van der Waals surface area contributed by atoms with Gasteiger partial charge in [0, 0.05) is 17.4 Å². The molecule has 0 aliphatic carbocycles. The van der Waals surface area contributed by atoms with Crippen molar-refractivity contribution in [3.8, 4) is 11.4 Å². The SMILES string of the molecule is Cc1ccc(S(C)(=O)=O)cc1C(=O)Nc1ccccc1-c1nc2ccccc2[nH]1. The van der Waals surface area contributed by atoms with E-state index in [2.05, 4.69) is 15.3 Å². The van der Waals surface area contributed by atoms with Gasteiger partial charge < -0.3 is 10.3 Å². The summed E-state index contributed by atoms with van der Waals surface area (Å²) in [6.45, 7) is 1.77. The normalized spacial score (nSPS) is 11.5. The van der Waals surface area contributed by atoms with Crippen LogP contribution in [0.1, 0.15) is 15.9 Å². The second-order valence-electron chi connectivity index (χ2n) is 6.85. The smallest absolute Gasteiger partial charge is 0.255 e. The molecule has 7 heteroatoms. The minimum atomic E-state index is -3.41. The summed E-state index contributed by atoms with van der Waals surface area (Å²) in [6.07, 6.45) is 1.12. The van der Waals surface area contributed by atoms with E-state index in [1.807, 2.05) is 42.5 Å². The minimum Gasteiger partial charge on any atom is -0.338 e. The van der Waals surface area contributed by atoms with Crippen molar-refractivity contribution in [3.05, 3.63) is 77.9 Å². The van der Waals surface area contributed by atoms with E-state index in [9.17, 15) is 13.2 Å². The Morgan fingerprint density at radius 1 is 1.00 bits per heavy atom. The van der Waals surface area contributed by atoms with Crippen LogP contribution in [0.4, 0.5) is 5.69 Å². The van der Waals surface area contributed by atoms with E-state index >= 15 is 0 Å². The van der Waals surface area contributed by atoms with Gasteiger partial charge in [-0.15, -0.1) is 0 Å². The number of para-hydroxylation sites is 3. The Kier molecular flexibility index (Phi) is 4.68. The predicted octanol–water partition coefficient (Wildman–Crippen LogP) is 4.19. The second kappa shape index (κ2) is 7.18. The van der Waals surface area contributed by atoms with Gasteiger partial charge >= 0.3 is 0 Å². The van der Waals surface area contributed by atoms with Crippen LogP contribution in [-0.2, 0) is 9.84 Å². The molecule has 0 spiro atoms. The van der Waals surface area contributed by atoms with Crippen molar-refractivity contribution in [2.75, 3.05) is 11.6 Å². The molecule has 146 valence electrons. The number of aromatic amines is 1. The monoisotopic (exact) mass is 405 g/mol. The molecule has 1 amide bonds. The van der Waals surface area contributed by atoms with Gasteiger partial charge in [-0.25, -0.2) is 13.4 Å². The number of nitrogens with zero attached hydrogens (tertiary/aromatic N) is 1. The molecule has 2 N–H and O–H groups in total. The maximum atomic E-state index is 12.9. The third-order valence-corrected chi connectivity index (χ3v) is 5.81. The highest BCUT2D eigenvalue weighted by Crippen LogP contribution is 2.28. The largest absolute Gasteiger partial charge is 0.338 e. The Bertz CT molecular complexity index is 1310. The summed E-state index contributed by atoms with van der Waals surface area (Å²) >= 11 is 0. The van der Waals surface area contributed by atoms with Crippen LogP contribution < -0.4 is 5.32 Å². The molecule has 3 aromatic carbocycles. The molecule has 0 saturated carbocycles. The summed E-state index contributed by atoms with van der Waals surface area (Å²) in [5, 5.41) is 2.90. The summed E-state index contributed by atoms with van der Waals surface area (Å²) in [5.41, 5.74) is 4.07. The zero-order chi connectivity index (χ0) is 20.6. The number of hydrogen-bond donors (Lipinski definition) is 2. The number of carbonyl (C=O) groups is 1. The van der Waals surface area contributed by atoms with Crippen molar-refractivity contribution in [1.82, 2.24) is 9.97 Å². The lowest BCUT2D eigenvalue weighted by Crippen LogP contribution is -2.15. The number of amides is 1. The maximum absolute atomic E-state index is 12.9. The molecule has 6 nitrogen and oxygen atoms in total. The number of aryl methyl sites for hydroxylation is 1. The highest BCUT2D eigenvalue weighted by Gasteiger charge is 2.17. The highest BCUT2D eigenvalue weighted by molar-refractivity contribution is 7.90. The topological polar surface area (TPSA) is 91.9 Å². The average Bonchev–Trinajstić information content (AvgIpc) is 3.11. The molecule has 29 heavy (non-hydrogen) atoms. The third kappa shape index (κ3) is 3.77. The lowest BCUT2D eigenvalue weighted by atomic mass is 10.1. The lowest BCUT2D eigenvalue weighted by Gasteiger charge is -2.12. The van der Waals surface area contributed by atoms with E-state index in [-0.39, 0.29) is 10.8 Å². The van der Waals surface area contributed by atoms with Crippen LogP contribution in [0.15, 0.2) is 71.6 Å². The number of sulfone groups is 1. The summed E-state index contributed by atoms with van der Waals surface area (Å²) in [6, 6.07) is 19.6. The van der Waals surface area contributed by atoms with Crippen molar-refractivity contribution in [1.29, 1.82) is 0 Å². The number of fused-ring (bicyclic) bond motifs is 1. The quantitative estimate of drug-likeness (QED) is 0.532. The van der Waals surface area contributed by atoms with Gasteiger partial charge in [0.1, 0.15) is 5.82 Å². The molecule has 0 fully saturated rings. The van der Waals surface area contributed by atoms with Crippen molar-refractivity contribution in [3.63, 3.8) is 0 Å². The Hall–Kier alpha value is -3.45. The van der Waals surface area contributed by atoms with E-state index in [1.165, 1.54) is 12.1 Å². The molecule has 0 atom stereocenters. The van der Waals surface area contributed by atoms with Gasteiger partial charge in [0.05, 0.1) is 21.6 Å². The van der Waals surface area contributed by atoms with Crippen LogP contribution in [0.25, 0.3) is 22.4 Å². The zero-order valence-electron chi connectivity index (χ0n) is 15.9. The fourth-order valence-electron chi connectivity index (χ4n) is 3.15. The van der Waals surface area contributed by atoms with Crippen molar-refractivity contribution >= 4 is 32.5 Å². The van der Waals surface area contributed by atoms with Crippen LogP contribution in [0.2, 0.25) is 0 Å². The first-order valence-electron chi connectivity index (χ1n) is 8.99. The molecule has 4 rings (SSSR count). The number of benzene rings is 3. The van der Waals surface area contributed by atoms with E-state index in [0.29, 0.717) is 22.6 Å². The lowest BCUT2D eigenvalue weighted by molar-refractivity contribution is 0.102. The molecule has 4 aromatic rings. The highest BCUT2D eigenvalue weighted by atomic mass is 32.2.